The fraction of sp³-hybridized carbons (Fsp3) is 0.667. The highest BCUT2D eigenvalue weighted by atomic mass is 79.9. The Bertz CT molecular complexity index is 941. The topological polar surface area (TPSA) is 48.4 Å². The summed E-state index contributed by atoms with van der Waals surface area (Å²) in [5.74, 6) is 2.69. The summed E-state index contributed by atoms with van der Waals surface area (Å²) in [6.45, 7) is 13.1. The normalized spacial score (nSPS) is 15.3. The largest absolute Gasteiger partial charge is 1.00 e. The molecular weight excluding hydrogens is 712 g/mol. The van der Waals surface area contributed by atoms with Gasteiger partial charge in [-0.25, -0.2) is 0 Å². The highest BCUT2D eigenvalue weighted by Crippen LogP contribution is 2.12. The van der Waals surface area contributed by atoms with Crippen molar-refractivity contribution < 1.29 is 52.7 Å². The van der Waals surface area contributed by atoms with E-state index in [0.717, 1.165) is 50.5 Å². The van der Waals surface area contributed by atoms with E-state index < -0.39 is 0 Å². The van der Waals surface area contributed by atoms with Crippen molar-refractivity contribution in [2.75, 3.05) is 37.7 Å². The van der Waals surface area contributed by atoms with E-state index in [9.17, 15) is 9.59 Å². The third-order valence-corrected chi connectivity index (χ3v) is 9.49. The van der Waals surface area contributed by atoms with Crippen molar-refractivity contribution in [2.24, 2.45) is 0 Å². The SMILES string of the molecule is Br.Cc1sc[n+](CC(=O)N2CCCCCC2)c1C.Cc1sc[n+](CC(=O)N2CCSCC2)c1C.[Br-].[Br-]. The lowest BCUT2D eigenvalue weighted by Gasteiger charge is -2.25. The maximum atomic E-state index is 12.2. The summed E-state index contributed by atoms with van der Waals surface area (Å²) in [5.41, 5.74) is 6.53. The van der Waals surface area contributed by atoms with Crippen LogP contribution < -0.4 is 43.1 Å². The van der Waals surface area contributed by atoms with E-state index in [1.807, 2.05) is 27.1 Å². The molecule has 0 atom stereocenters. The summed E-state index contributed by atoms with van der Waals surface area (Å²) in [6.07, 6.45) is 4.87. The maximum absolute atomic E-state index is 12.2. The number of thioether (sulfide) groups is 1. The molecule has 0 saturated carbocycles. The Balaban J connectivity index is 0.000000629. The molecule has 2 amide bonds. The van der Waals surface area contributed by atoms with Crippen LogP contribution in [-0.4, -0.2) is 59.3 Å². The van der Waals surface area contributed by atoms with Gasteiger partial charge in [-0.1, -0.05) is 35.5 Å². The second-order valence-electron chi connectivity index (χ2n) is 8.77. The first kappa shape index (κ1) is 36.0. The molecule has 36 heavy (non-hydrogen) atoms. The average Bonchev–Trinajstić information content (AvgIpc) is 3.17. The van der Waals surface area contributed by atoms with Gasteiger partial charge in [0.15, 0.2) is 11.4 Å². The number of hydrogen-bond donors (Lipinski definition) is 0. The van der Waals surface area contributed by atoms with Crippen LogP contribution in [0.5, 0.6) is 0 Å². The molecule has 0 unspecified atom stereocenters. The van der Waals surface area contributed by atoms with E-state index in [1.165, 1.54) is 34.0 Å². The molecule has 0 N–H and O–H groups in total. The molecule has 0 aliphatic carbocycles. The summed E-state index contributed by atoms with van der Waals surface area (Å²) >= 11 is 5.35. The van der Waals surface area contributed by atoms with Gasteiger partial charge in [-0.05, 0) is 26.7 Å². The van der Waals surface area contributed by atoms with Crippen LogP contribution in [0.25, 0.3) is 0 Å². The molecule has 206 valence electrons. The fourth-order valence-corrected chi connectivity index (χ4v) is 6.47. The second-order valence-corrected chi connectivity index (χ2v) is 12.1. The lowest BCUT2D eigenvalue weighted by molar-refractivity contribution is -0.686. The summed E-state index contributed by atoms with van der Waals surface area (Å²) < 4.78 is 4.14. The number of rotatable bonds is 4. The third-order valence-electron chi connectivity index (χ3n) is 6.53. The quantitative estimate of drug-likeness (QED) is 0.336. The maximum Gasteiger partial charge on any atom is 0.288 e. The predicted octanol–water partition coefficient (Wildman–Crippen LogP) is -2.13. The van der Waals surface area contributed by atoms with Crippen molar-refractivity contribution in [2.45, 2.75) is 66.5 Å². The fourth-order valence-electron chi connectivity index (χ4n) is 3.95. The van der Waals surface area contributed by atoms with Crippen molar-refractivity contribution in [3.05, 3.63) is 32.2 Å². The van der Waals surface area contributed by atoms with E-state index in [2.05, 4.69) is 42.3 Å². The van der Waals surface area contributed by atoms with Crippen LogP contribution >= 0.6 is 51.4 Å². The van der Waals surface area contributed by atoms with Crippen LogP contribution in [0, 0.1) is 27.7 Å². The average molecular weight is 752 g/mol. The zero-order valence-corrected chi connectivity index (χ0v) is 29.0. The molecule has 2 aliphatic heterocycles. The number of halogens is 3. The minimum Gasteiger partial charge on any atom is -1.00 e. The van der Waals surface area contributed by atoms with Gasteiger partial charge in [0.25, 0.3) is 11.8 Å². The molecule has 4 heterocycles. The number of carbonyl (C=O) groups is 2. The van der Waals surface area contributed by atoms with Crippen LogP contribution in [0.3, 0.4) is 0 Å². The van der Waals surface area contributed by atoms with Crippen LogP contribution in [0.15, 0.2) is 11.0 Å². The van der Waals surface area contributed by atoms with E-state index in [-0.39, 0.29) is 62.8 Å². The number of aromatic nitrogens is 2. The molecule has 0 aromatic carbocycles. The number of carbonyl (C=O) groups excluding carboxylic acids is 2. The molecule has 2 fully saturated rings. The van der Waals surface area contributed by atoms with Crippen molar-refractivity contribution in [1.82, 2.24) is 9.80 Å². The van der Waals surface area contributed by atoms with E-state index in [1.54, 1.807) is 22.7 Å². The first-order valence-corrected chi connectivity index (χ1v) is 14.8. The molecule has 12 heteroatoms. The third kappa shape index (κ3) is 10.6. The zero-order chi connectivity index (χ0) is 23.8. The van der Waals surface area contributed by atoms with Crippen molar-refractivity contribution in [1.29, 1.82) is 0 Å². The summed E-state index contributed by atoms with van der Waals surface area (Å²) in [6, 6.07) is 0. The molecule has 0 spiro atoms. The molecule has 6 nitrogen and oxygen atoms in total. The number of hydrogen-bond acceptors (Lipinski definition) is 5. The van der Waals surface area contributed by atoms with Gasteiger partial charge in [-0.2, -0.15) is 20.9 Å². The Kier molecular flexibility index (Phi) is 18.3. The van der Waals surface area contributed by atoms with Gasteiger partial charge in [0, 0.05) is 51.5 Å². The molecule has 2 aliphatic rings. The van der Waals surface area contributed by atoms with Gasteiger partial charge < -0.3 is 43.8 Å². The Morgan fingerprint density at radius 2 is 1.11 bits per heavy atom. The van der Waals surface area contributed by atoms with Gasteiger partial charge in [0.05, 0.1) is 9.75 Å². The van der Waals surface area contributed by atoms with E-state index in [0.29, 0.717) is 13.1 Å². The number of likely N-dealkylation sites (tertiary alicyclic amines) is 1. The van der Waals surface area contributed by atoms with Crippen LogP contribution in [0.2, 0.25) is 0 Å². The predicted molar refractivity (Wildman–Crippen MR) is 147 cm³/mol. The molecule has 0 bridgehead atoms. The highest BCUT2D eigenvalue weighted by molar-refractivity contribution is 8.93. The monoisotopic (exact) mass is 748 g/mol. The van der Waals surface area contributed by atoms with E-state index >= 15 is 0 Å². The van der Waals surface area contributed by atoms with Crippen molar-refractivity contribution in [3.63, 3.8) is 0 Å². The number of thiazole rings is 2. The Morgan fingerprint density at radius 1 is 0.722 bits per heavy atom. The number of nitrogens with zero attached hydrogens (tertiary/aromatic N) is 4. The molecule has 2 aromatic rings. The molecular formula is C24H39Br3N4O2S3. The summed E-state index contributed by atoms with van der Waals surface area (Å²) in [7, 11) is 0. The first-order valence-electron chi connectivity index (χ1n) is 11.9. The van der Waals surface area contributed by atoms with Crippen LogP contribution in [-0.2, 0) is 22.7 Å². The smallest absolute Gasteiger partial charge is 0.288 e. The minimum atomic E-state index is 0. The highest BCUT2D eigenvalue weighted by Gasteiger charge is 2.23. The summed E-state index contributed by atoms with van der Waals surface area (Å²) in [5, 5.41) is 0. The van der Waals surface area contributed by atoms with E-state index in [4.69, 9.17) is 0 Å². The lowest BCUT2D eigenvalue weighted by Crippen LogP contribution is -3.00. The first-order chi connectivity index (χ1) is 15.9. The second kappa shape index (κ2) is 18.3. The molecule has 2 saturated heterocycles. The van der Waals surface area contributed by atoms with Gasteiger partial charge in [0.1, 0.15) is 0 Å². The molecule has 4 rings (SSSR count). The standard InChI is InChI=1S/C13H21N2OS.C11H17N2OS2.3BrH/c1-11-12(2)17-10-15(11)9-13(16)14-7-5-3-4-6-8-14;1-9-10(2)16-8-13(9)7-11(14)12-3-5-15-6-4-12;;;/h10H,3-9H2,1-2H3;8H,3-7H2,1-2H3;3*1H/q2*+1;;;/p-2. The van der Waals surface area contributed by atoms with Crippen molar-refractivity contribution >= 4 is 63.2 Å². The van der Waals surface area contributed by atoms with Gasteiger partial charge in [-0.15, -0.1) is 17.0 Å². The molecule has 2 aromatic heterocycles. The Hall–Kier alpha value is -0.0100. The molecule has 0 radical (unpaired) electrons. The minimum absolute atomic E-state index is 0. The lowest BCUT2D eigenvalue weighted by atomic mass is 10.2. The van der Waals surface area contributed by atoms with Gasteiger partial charge in [-0.3, -0.25) is 9.59 Å². The van der Waals surface area contributed by atoms with Gasteiger partial charge >= 0.3 is 0 Å². The van der Waals surface area contributed by atoms with Crippen LogP contribution in [0.4, 0.5) is 0 Å². The number of aryl methyl sites for hydroxylation is 2. The Morgan fingerprint density at radius 3 is 1.47 bits per heavy atom. The Labute approximate surface area is 260 Å². The van der Waals surface area contributed by atoms with Crippen molar-refractivity contribution in [3.8, 4) is 0 Å². The van der Waals surface area contributed by atoms with Crippen LogP contribution in [0.1, 0.15) is 46.8 Å². The van der Waals surface area contributed by atoms with Gasteiger partial charge in [0.2, 0.25) is 24.1 Å². The summed E-state index contributed by atoms with van der Waals surface area (Å²) in [4.78, 5) is 30.8. The zero-order valence-electron chi connectivity index (χ0n) is 21.6. The number of amides is 2.